The molecule has 0 N–H and O–H groups in total. The maximum Gasteiger partial charge on any atom is 0.263 e. The van der Waals surface area contributed by atoms with Gasteiger partial charge in [0.05, 0.1) is 11.9 Å². The highest BCUT2D eigenvalue weighted by atomic mass is 16.1. The highest BCUT2D eigenvalue weighted by molar-refractivity contribution is 5.72. The van der Waals surface area contributed by atoms with Gasteiger partial charge in [0, 0.05) is 12.6 Å². The number of rotatable bonds is 5. The lowest BCUT2D eigenvalue weighted by molar-refractivity contribution is 0.645. The van der Waals surface area contributed by atoms with Crippen molar-refractivity contribution in [1.29, 1.82) is 0 Å². The lowest BCUT2D eigenvalue weighted by Gasteiger charge is -2.13. The molecule has 112 valence electrons. The normalized spacial score (nSPS) is 11.0. The summed E-state index contributed by atoms with van der Waals surface area (Å²) in [5.74, 6) is 0.821. The van der Waals surface area contributed by atoms with E-state index in [9.17, 15) is 4.79 Å². The summed E-state index contributed by atoms with van der Waals surface area (Å²) in [7, 11) is 0. The Balaban J connectivity index is 2.12. The molecule has 2 aromatic heterocycles. The van der Waals surface area contributed by atoms with E-state index < -0.39 is 0 Å². The molecule has 0 aliphatic carbocycles. The first kappa shape index (κ1) is 14.4. The third-order valence-electron chi connectivity index (χ3n) is 3.75. The van der Waals surface area contributed by atoms with Crippen LogP contribution in [0.1, 0.15) is 31.2 Å². The second-order valence-corrected chi connectivity index (χ2v) is 5.38. The summed E-state index contributed by atoms with van der Waals surface area (Å²) >= 11 is 0. The van der Waals surface area contributed by atoms with Crippen molar-refractivity contribution in [3.8, 4) is 0 Å². The molecule has 0 saturated heterocycles. The zero-order chi connectivity index (χ0) is 15.4. The molecule has 0 aliphatic heterocycles. The van der Waals surface area contributed by atoms with Gasteiger partial charge < -0.3 is 0 Å². The molecule has 0 saturated carbocycles. The minimum absolute atomic E-state index is 0.00643. The van der Waals surface area contributed by atoms with Crippen molar-refractivity contribution in [2.75, 3.05) is 0 Å². The number of nitrogens with zero attached hydrogens (tertiary/aromatic N) is 3. The summed E-state index contributed by atoms with van der Waals surface area (Å²) in [5.41, 5.74) is 1.64. The molecule has 2 heterocycles. The van der Waals surface area contributed by atoms with Crippen LogP contribution < -0.4 is 5.56 Å². The fraction of sp³-hybridized carbons (Fsp3) is 0.278. The summed E-state index contributed by atoms with van der Waals surface area (Å²) in [5, 5.41) is 0.582. The molecule has 0 amide bonds. The van der Waals surface area contributed by atoms with Crippen LogP contribution in [-0.2, 0) is 13.0 Å². The van der Waals surface area contributed by atoms with E-state index >= 15 is 0 Å². The number of hydrogen-bond donors (Lipinski definition) is 0. The zero-order valence-corrected chi connectivity index (χ0v) is 12.7. The van der Waals surface area contributed by atoms with Crippen LogP contribution in [0.4, 0.5) is 0 Å². The molecule has 22 heavy (non-hydrogen) atoms. The Morgan fingerprint density at radius 3 is 2.68 bits per heavy atom. The summed E-state index contributed by atoms with van der Waals surface area (Å²) in [6.07, 6.45) is 4.56. The number of hydrogen-bond acceptors (Lipinski definition) is 3. The number of benzene rings is 1. The van der Waals surface area contributed by atoms with Crippen molar-refractivity contribution >= 4 is 11.0 Å². The van der Waals surface area contributed by atoms with Gasteiger partial charge >= 0.3 is 0 Å². The first-order valence-corrected chi connectivity index (χ1v) is 7.68. The number of unbranched alkanes of at least 4 members (excludes halogenated alkanes) is 1. The van der Waals surface area contributed by atoms with Gasteiger partial charge in [-0.2, -0.15) is 0 Å². The van der Waals surface area contributed by atoms with Gasteiger partial charge in [0.2, 0.25) is 0 Å². The van der Waals surface area contributed by atoms with Gasteiger partial charge in [-0.1, -0.05) is 43.7 Å². The van der Waals surface area contributed by atoms with E-state index in [-0.39, 0.29) is 5.56 Å². The molecule has 3 aromatic rings. The Hall–Kier alpha value is -2.49. The van der Waals surface area contributed by atoms with Crippen LogP contribution in [-0.4, -0.2) is 14.5 Å². The molecule has 0 radical (unpaired) electrons. The van der Waals surface area contributed by atoms with Crippen LogP contribution in [0.3, 0.4) is 0 Å². The third-order valence-corrected chi connectivity index (χ3v) is 3.75. The van der Waals surface area contributed by atoms with Crippen molar-refractivity contribution in [2.45, 2.75) is 32.7 Å². The summed E-state index contributed by atoms with van der Waals surface area (Å²) in [6, 6.07) is 13.6. The largest absolute Gasteiger partial charge is 0.292 e. The minimum atomic E-state index is -0.00643. The molecule has 0 unspecified atom stereocenters. The predicted molar refractivity (Wildman–Crippen MR) is 88.0 cm³/mol. The summed E-state index contributed by atoms with van der Waals surface area (Å²) in [6.45, 7) is 2.69. The second-order valence-electron chi connectivity index (χ2n) is 5.38. The van der Waals surface area contributed by atoms with Gasteiger partial charge in [-0.05, 0) is 24.1 Å². The van der Waals surface area contributed by atoms with E-state index in [0.717, 1.165) is 30.7 Å². The lowest BCUT2D eigenvalue weighted by Crippen LogP contribution is -2.26. The fourth-order valence-corrected chi connectivity index (χ4v) is 2.55. The SMILES string of the molecule is CCCCc1nc2ncccc2c(=O)n1Cc1ccccc1. The third kappa shape index (κ3) is 2.91. The molecule has 0 aliphatic rings. The van der Waals surface area contributed by atoms with E-state index in [1.807, 2.05) is 30.3 Å². The highest BCUT2D eigenvalue weighted by Crippen LogP contribution is 2.10. The van der Waals surface area contributed by atoms with E-state index in [0.29, 0.717) is 17.6 Å². The Bertz CT molecular complexity index is 825. The van der Waals surface area contributed by atoms with Crippen LogP contribution in [0, 0.1) is 0 Å². The van der Waals surface area contributed by atoms with Crippen molar-refractivity contribution in [2.24, 2.45) is 0 Å². The van der Waals surface area contributed by atoms with Crippen molar-refractivity contribution in [3.05, 3.63) is 70.4 Å². The summed E-state index contributed by atoms with van der Waals surface area (Å²) in [4.78, 5) is 21.7. The highest BCUT2D eigenvalue weighted by Gasteiger charge is 2.11. The van der Waals surface area contributed by atoms with E-state index in [1.165, 1.54) is 0 Å². The van der Waals surface area contributed by atoms with E-state index in [2.05, 4.69) is 16.9 Å². The van der Waals surface area contributed by atoms with E-state index in [4.69, 9.17) is 0 Å². The smallest absolute Gasteiger partial charge is 0.263 e. The topological polar surface area (TPSA) is 47.8 Å². The maximum absolute atomic E-state index is 12.8. The predicted octanol–water partition coefficient (Wildman–Crippen LogP) is 3.18. The van der Waals surface area contributed by atoms with Gasteiger partial charge in [-0.25, -0.2) is 9.97 Å². The quantitative estimate of drug-likeness (QED) is 0.726. The molecule has 0 bridgehead atoms. The van der Waals surface area contributed by atoms with Gasteiger partial charge in [-0.3, -0.25) is 9.36 Å². The average molecular weight is 293 g/mol. The number of aryl methyl sites for hydroxylation is 1. The molecular weight excluding hydrogens is 274 g/mol. The molecular formula is C18H19N3O. The minimum Gasteiger partial charge on any atom is -0.292 e. The number of fused-ring (bicyclic) bond motifs is 1. The Morgan fingerprint density at radius 2 is 1.91 bits per heavy atom. The molecule has 0 spiro atoms. The first-order valence-electron chi connectivity index (χ1n) is 7.68. The Morgan fingerprint density at radius 1 is 1.09 bits per heavy atom. The molecule has 3 rings (SSSR count). The second kappa shape index (κ2) is 6.52. The monoisotopic (exact) mass is 293 g/mol. The molecule has 0 fully saturated rings. The number of pyridine rings is 1. The molecule has 4 heteroatoms. The van der Waals surface area contributed by atoms with Gasteiger partial charge in [0.25, 0.3) is 5.56 Å². The first-order chi connectivity index (χ1) is 10.8. The maximum atomic E-state index is 12.8. The fourth-order valence-electron chi connectivity index (χ4n) is 2.55. The van der Waals surface area contributed by atoms with Crippen LogP contribution in [0.2, 0.25) is 0 Å². The van der Waals surface area contributed by atoms with Crippen LogP contribution >= 0.6 is 0 Å². The van der Waals surface area contributed by atoms with Crippen molar-refractivity contribution < 1.29 is 0 Å². The van der Waals surface area contributed by atoms with Crippen molar-refractivity contribution in [1.82, 2.24) is 14.5 Å². The van der Waals surface area contributed by atoms with Gasteiger partial charge in [-0.15, -0.1) is 0 Å². The lowest BCUT2D eigenvalue weighted by atomic mass is 10.2. The summed E-state index contributed by atoms with van der Waals surface area (Å²) < 4.78 is 1.79. The zero-order valence-electron chi connectivity index (χ0n) is 12.7. The van der Waals surface area contributed by atoms with Crippen LogP contribution in [0.15, 0.2) is 53.5 Å². The van der Waals surface area contributed by atoms with Crippen LogP contribution in [0.5, 0.6) is 0 Å². The molecule has 1 aromatic carbocycles. The van der Waals surface area contributed by atoms with E-state index in [1.54, 1.807) is 22.9 Å². The van der Waals surface area contributed by atoms with Gasteiger partial charge in [0.15, 0.2) is 5.65 Å². The molecule has 0 atom stereocenters. The Kier molecular flexibility index (Phi) is 4.28. The Labute approximate surface area is 129 Å². The van der Waals surface area contributed by atoms with Gasteiger partial charge in [0.1, 0.15) is 5.82 Å². The number of aromatic nitrogens is 3. The van der Waals surface area contributed by atoms with Crippen molar-refractivity contribution in [3.63, 3.8) is 0 Å². The molecule has 4 nitrogen and oxygen atoms in total. The van der Waals surface area contributed by atoms with Crippen LogP contribution in [0.25, 0.3) is 11.0 Å². The average Bonchev–Trinajstić information content (AvgIpc) is 2.57. The standard InChI is InChI=1S/C18H19N3O/c1-2-3-11-16-20-17-15(10-7-12-19-17)18(22)21(16)13-14-8-5-4-6-9-14/h4-10,12H,2-3,11,13H2,1H3.